The van der Waals surface area contributed by atoms with E-state index in [0.29, 0.717) is 13.0 Å². The highest BCUT2D eigenvalue weighted by Gasteiger charge is 2.38. The zero-order valence-electron chi connectivity index (χ0n) is 14.0. The van der Waals surface area contributed by atoms with E-state index in [1.807, 2.05) is 9.80 Å². The molecule has 1 N–H and O–H groups in total. The molecule has 0 aromatic heterocycles. The SMILES string of the molecule is CC1CNCCN1C(=O)C1CC(=O)N(CCN2CCOCC2)C1. The third-order valence-corrected chi connectivity index (χ3v) is 5.14. The first-order chi connectivity index (χ1) is 11.1. The minimum Gasteiger partial charge on any atom is -0.379 e. The number of carbonyl (C=O) groups is 2. The van der Waals surface area contributed by atoms with E-state index >= 15 is 0 Å². The molecule has 0 spiro atoms. The van der Waals surface area contributed by atoms with Crippen molar-refractivity contribution in [2.45, 2.75) is 19.4 Å². The van der Waals surface area contributed by atoms with E-state index in [2.05, 4.69) is 17.1 Å². The fourth-order valence-electron chi connectivity index (χ4n) is 3.64. The van der Waals surface area contributed by atoms with Gasteiger partial charge in [0.25, 0.3) is 0 Å². The van der Waals surface area contributed by atoms with Crippen molar-refractivity contribution in [3.8, 4) is 0 Å². The first-order valence-corrected chi connectivity index (χ1v) is 8.74. The molecule has 3 aliphatic heterocycles. The molecule has 2 amide bonds. The number of piperazine rings is 1. The molecule has 0 aromatic carbocycles. The summed E-state index contributed by atoms with van der Waals surface area (Å²) in [5, 5.41) is 3.30. The second-order valence-electron chi connectivity index (χ2n) is 6.78. The molecule has 7 nitrogen and oxygen atoms in total. The lowest BCUT2D eigenvalue weighted by atomic mass is 10.1. The van der Waals surface area contributed by atoms with Crippen molar-refractivity contribution in [3.63, 3.8) is 0 Å². The number of likely N-dealkylation sites (tertiary alicyclic amines) is 1. The molecule has 3 heterocycles. The second kappa shape index (κ2) is 7.59. The van der Waals surface area contributed by atoms with E-state index in [1.54, 1.807) is 0 Å². The number of nitrogens with zero attached hydrogens (tertiary/aromatic N) is 3. The molecule has 23 heavy (non-hydrogen) atoms. The Balaban J connectivity index is 1.49. The van der Waals surface area contributed by atoms with Crippen LogP contribution in [-0.4, -0.2) is 98.1 Å². The van der Waals surface area contributed by atoms with Gasteiger partial charge in [0.15, 0.2) is 0 Å². The maximum Gasteiger partial charge on any atom is 0.228 e. The Morgan fingerprint density at radius 3 is 2.78 bits per heavy atom. The van der Waals surface area contributed by atoms with Crippen LogP contribution in [0, 0.1) is 5.92 Å². The molecular formula is C16H28N4O3. The number of hydrogen-bond donors (Lipinski definition) is 1. The number of hydrogen-bond acceptors (Lipinski definition) is 5. The van der Waals surface area contributed by atoms with Crippen LogP contribution in [0.4, 0.5) is 0 Å². The predicted molar refractivity (Wildman–Crippen MR) is 86.0 cm³/mol. The molecule has 3 saturated heterocycles. The van der Waals surface area contributed by atoms with Crippen LogP contribution in [0.25, 0.3) is 0 Å². The standard InChI is InChI=1S/C16H28N4O3/c1-13-11-17-2-3-20(13)16(22)14-10-15(21)19(12-14)5-4-18-6-8-23-9-7-18/h13-14,17H,2-12H2,1H3. The van der Waals surface area contributed by atoms with Gasteiger partial charge in [-0.05, 0) is 6.92 Å². The predicted octanol–water partition coefficient (Wildman–Crippen LogP) is -1.01. The van der Waals surface area contributed by atoms with Crippen LogP contribution in [-0.2, 0) is 14.3 Å². The minimum atomic E-state index is -0.160. The van der Waals surface area contributed by atoms with Gasteiger partial charge >= 0.3 is 0 Å². The van der Waals surface area contributed by atoms with E-state index in [1.165, 1.54) is 0 Å². The molecule has 0 aliphatic carbocycles. The average Bonchev–Trinajstić information content (AvgIpc) is 2.95. The first-order valence-electron chi connectivity index (χ1n) is 8.74. The van der Waals surface area contributed by atoms with Gasteiger partial charge in [-0.1, -0.05) is 0 Å². The Kier molecular flexibility index (Phi) is 5.50. The third kappa shape index (κ3) is 4.02. The molecule has 130 valence electrons. The van der Waals surface area contributed by atoms with Crippen LogP contribution in [0.3, 0.4) is 0 Å². The lowest BCUT2D eigenvalue weighted by molar-refractivity contribution is -0.138. The third-order valence-electron chi connectivity index (χ3n) is 5.14. The summed E-state index contributed by atoms with van der Waals surface area (Å²) in [5.41, 5.74) is 0. The van der Waals surface area contributed by atoms with Crippen LogP contribution < -0.4 is 5.32 Å². The Bertz CT molecular complexity index is 439. The van der Waals surface area contributed by atoms with E-state index in [-0.39, 0.29) is 23.8 Å². The number of nitrogens with one attached hydrogen (secondary N) is 1. The topological polar surface area (TPSA) is 65.1 Å². The number of rotatable bonds is 4. The van der Waals surface area contributed by atoms with Gasteiger partial charge in [-0.15, -0.1) is 0 Å². The van der Waals surface area contributed by atoms with Gasteiger partial charge in [0, 0.05) is 64.8 Å². The lowest BCUT2D eigenvalue weighted by Gasteiger charge is -2.35. The summed E-state index contributed by atoms with van der Waals surface area (Å²) in [6.45, 7) is 10.1. The van der Waals surface area contributed by atoms with Crippen LogP contribution in [0.1, 0.15) is 13.3 Å². The van der Waals surface area contributed by atoms with E-state index in [0.717, 1.165) is 59.0 Å². The highest BCUT2D eigenvalue weighted by Crippen LogP contribution is 2.21. The molecule has 3 aliphatic rings. The molecule has 2 unspecified atom stereocenters. The summed E-state index contributed by atoms with van der Waals surface area (Å²) in [7, 11) is 0. The molecule has 2 atom stereocenters. The smallest absolute Gasteiger partial charge is 0.228 e. The molecule has 0 saturated carbocycles. The highest BCUT2D eigenvalue weighted by atomic mass is 16.5. The van der Waals surface area contributed by atoms with E-state index in [9.17, 15) is 9.59 Å². The summed E-state index contributed by atoms with van der Waals surface area (Å²) >= 11 is 0. The van der Waals surface area contributed by atoms with Crippen molar-refractivity contribution in [2.24, 2.45) is 5.92 Å². The Morgan fingerprint density at radius 2 is 2.04 bits per heavy atom. The molecule has 3 rings (SSSR count). The Morgan fingerprint density at radius 1 is 1.26 bits per heavy atom. The van der Waals surface area contributed by atoms with Crippen LogP contribution >= 0.6 is 0 Å². The highest BCUT2D eigenvalue weighted by molar-refractivity contribution is 5.89. The minimum absolute atomic E-state index is 0.124. The number of morpholine rings is 1. The zero-order valence-corrected chi connectivity index (χ0v) is 14.0. The van der Waals surface area contributed by atoms with Gasteiger partial charge in [-0.25, -0.2) is 0 Å². The first kappa shape index (κ1) is 16.7. The maximum atomic E-state index is 12.7. The maximum absolute atomic E-state index is 12.7. The molecular weight excluding hydrogens is 296 g/mol. The van der Waals surface area contributed by atoms with E-state index < -0.39 is 0 Å². The summed E-state index contributed by atoms with van der Waals surface area (Å²) in [6.07, 6.45) is 0.374. The molecule has 0 aromatic rings. The van der Waals surface area contributed by atoms with Gasteiger partial charge in [0.05, 0.1) is 19.1 Å². The average molecular weight is 324 g/mol. The molecule has 7 heteroatoms. The van der Waals surface area contributed by atoms with E-state index in [4.69, 9.17) is 4.74 Å². The normalized spacial score (nSPS) is 30.0. The quantitative estimate of drug-likeness (QED) is 0.718. The summed E-state index contributed by atoms with van der Waals surface area (Å²) in [6, 6.07) is 0.216. The summed E-state index contributed by atoms with van der Waals surface area (Å²) < 4.78 is 5.34. The molecule has 0 bridgehead atoms. The van der Waals surface area contributed by atoms with Crippen molar-refractivity contribution < 1.29 is 14.3 Å². The fraction of sp³-hybridized carbons (Fsp3) is 0.875. The summed E-state index contributed by atoms with van der Waals surface area (Å²) in [5.74, 6) is 0.119. The van der Waals surface area contributed by atoms with Crippen LogP contribution in [0.5, 0.6) is 0 Å². The van der Waals surface area contributed by atoms with Crippen LogP contribution in [0.2, 0.25) is 0 Å². The molecule has 3 fully saturated rings. The van der Waals surface area contributed by atoms with Crippen molar-refractivity contribution in [2.75, 3.05) is 65.6 Å². The van der Waals surface area contributed by atoms with Crippen molar-refractivity contribution in [3.05, 3.63) is 0 Å². The fourth-order valence-corrected chi connectivity index (χ4v) is 3.64. The van der Waals surface area contributed by atoms with Gasteiger partial charge in [-0.2, -0.15) is 0 Å². The summed E-state index contributed by atoms with van der Waals surface area (Å²) in [4.78, 5) is 31.1. The van der Waals surface area contributed by atoms with Crippen LogP contribution in [0.15, 0.2) is 0 Å². The Hall–Kier alpha value is -1.18. The van der Waals surface area contributed by atoms with Gasteiger partial charge < -0.3 is 19.9 Å². The number of ether oxygens (including phenoxy) is 1. The van der Waals surface area contributed by atoms with Crippen molar-refractivity contribution >= 4 is 11.8 Å². The zero-order chi connectivity index (χ0) is 16.2. The largest absolute Gasteiger partial charge is 0.379 e. The molecule has 0 radical (unpaired) electrons. The number of carbonyl (C=O) groups excluding carboxylic acids is 2. The second-order valence-corrected chi connectivity index (χ2v) is 6.78. The van der Waals surface area contributed by atoms with Crippen molar-refractivity contribution in [1.29, 1.82) is 0 Å². The Labute approximate surface area is 137 Å². The van der Waals surface area contributed by atoms with Gasteiger partial charge in [0.2, 0.25) is 11.8 Å². The monoisotopic (exact) mass is 324 g/mol. The van der Waals surface area contributed by atoms with Crippen molar-refractivity contribution in [1.82, 2.24) is 20.0 Å². The van der Waals surface area contributed by atoms with Gasteiger partial charge in [0.1, 0.15) is 0 Å². The number of amides is 2. The lowest BCUT2D eigenvalue weighted by Crippen LogP contribution is -2.54. The van der Waals surface area contributed by atoms with Gasteiger partial charge in [-0.3, -0.25) is 14.5 Å².